The molecule has 0 unspecified atom stereocenters. The molecule has 4 heteroatoms. The van der Waals surface area contributed by atoms with Crippen LogP contribution in [0.5, 0.6) is 0 Å². The first-order chi connectivity index (χ1) is 8.97. The van der Waals surface area contributed by atoms with Crippen molar-refractivity contribution in [2.45, 2.75) is 33.2 Å². The second kappa shape index (κ2) is 6.34. The molecule has 0 aromatic heterocycles. The highest BCUT2D eigenvalue weighted by Crippen LogP contribution is 2.30. The molecular formula is C15H22Cl2N2. The van der Waals surface area contributed by atoms with Crippen molar-refractivity contribution in [3.63, 3.8) is 0 Å². The molecule has 0 aliphatic carbocycles. The minimum absolute atomic E-state index is 0.477. The maximum absolute atomic E-state index is 6.07. The van der Waals surface area contributed by atoms with Crippen LogP contribution in [-0.4, -0.2) is 18.0 Å². The highest BCUT2D eigenvalue weighted by molar-refractivity contribution is 6.38. The molecule has 0 atom stereocenters. The lowest BCUT2D eigenvalue weighted by Crippen LogP contribution is -2.34. The van der Waals surface area contributed by atoms with Gasteiger partial charge >= 0.3 is 0 Å². The SMILES string of the molecule is CC(C)C1CCN(Cc2cc(Cl)c(N)c(Cl)c2)CC1. The van der Waals surface area contributed by atoms with Crippen LogP contribution in [0.3, 0.4) is 0 Å². The van der Waals surface area contributed by atoms with Gasteiger partial charge in [-0.3, -0.25) is 4.90 Å². The first-order valence-corrected chi connectivity index (χ1v) is 7.68. The number of nitrogens with two attached hydrogens (primary N) is 1. The summed E-state index contributed by atoms with van der Waals surface area (Å²) in [4.78, 5) is 2.47. The zero-order valence-electron chi connectivity index (χ0n) is 11.6. The van der Waals surface area contributed by atoms with Crippen LogP contribution in [0.25, 0.3) is 0 Å². The van der Waals surface area contributed by atoms with Gasteiger partial charge in [0, 0.05) is 6.54 Å². The Bertz CT molecular complexity index is 415. The lowest BCUT2D eigenvalue weighted by atomic mass is 9.86. The number of hydrogen-bond acceptors (Lipinski definition) is 2. The quantitative estimate of drug-likeness (QED) is 0.836. The molecule has 1 aromatic rings. The number of piperidine rings is 1. The Morgan fingerprint density at radius 3 is 2.21 bits per heavy atom. The lowest BCUT2D eigenvalue weighted by molar-refractivity contribution is 0.152. The summed E-state index contributed by atoms with van der Waals surface area (Å²) in [6.45, 7) is 7.86. The van der Waals surface area contributed by atoms with Gasteiger partial charge in [0.1, 0.15) is 0 Å². The molecule has 106 valence electrons. The lowest BCUT2D eigenvalue weighted by Gasteiger charge is -2.33. The number of benzene rings is 1. The van der Waals surface area contributed by atoms with Crippen LogP contribution in [0.15, 0.2) is 12.1 Å². The summed E-state index contributed by atoms with van der Waals surface area (Å²) in [7, 11) is 0. The molecule has 2 N–H and O–H groups in total. The van der Waals surface area contributed by atoms with Crippen LogP contribution in [0.1, 0.15) is 32.3 Å². The van der Waals surface area contributed by atoms with E-state index in [1.807, 2.05) is 12.1 Å². The van der Waals surface area contributed by atoms with E-state index in [1.165, 1.54) is 12.8 Å². The number of nitrogen functional groups attached to an aromatic ring is 1. The average molecular weight is 301 g/mol. The van der Waals surface area contributed by atoms with Crippen LogP contribution in [0, 0.1) is 11.8 Å². The Balaban J connectivity index is 1.96. The average Bonchev–Trinajstić information content (AvgIpc) is 2.36. The van der Waals surface area contributed by atoms with Gasteiger partial charge in [-0.15, -0.1) is 0 Å². The van der Waals surface area contributed by atoms with Crippen LogP contribution < -0.4 is 5.73 Å². The van der Waals surface area contributed by atoms with E-state index in [0.29, 0.717) is 15.7 Å². The second-order valence-corrected chi connectivity index (χ2v) is 6.65. The number of halogens is 2. The zero-order valence-corrected chi connectivity index (χ0v) is 13.1. The van der Waals surface area contributed by atoms with Crippen LogP contribution in [0.4, 0.5) is 5.69 Å². The van der Waals surface area contributed by atoms with E-state index >= 15 is 0 Å². The fourth-order valence-corrected chi connectivity index (χ4v) is 3.30. The summed E-state index contributed by atoms with van der Waals surface area (Å²) >= 11 is 12.1. The highest BCUT2D eigenvalue weighted by atomic mass is 35.5. The molecule has 2 nitrogen and oxygen atoms in total. The Morgan fingerprint density at radius 2 is 1.74 bits per heavy atom. The maximum atomic E-state index is 6.07. The number of likely N-dealkylation sites (tertiary alicyclic amines) is 1. The molecule has 1 fully saturated rings. The third-order valence-electron chi connectivity index (χ3n) is 4.12. The van der Waals surface area contributed by atoms with Crippen LogP contribution in [0.2, 0.25) is 10.0 Å². The van der Waals surface area contributed by atoms with E-state index in [4.69, 9.17) is 28.9 Å². The van der Waals surface area contributed by atoms with Gasteiger partial charge in [0.25, 0.3) is 0 Å². The Labute approximate surface area is 125 Å². The van der Waals surface area contributed by atoms with Crippen molar-refractivity contribution in [1.82, 2.24) is 4.90 Å². The molecule has 0 bridgehead atoms. The standard InChI is InChI=1S/C15H22Cl2N2/c1-10(2)12-3-5-19(6-4-12)9-11-7-13(16)15(18)14(17)8-11/h7-8,10,12H,3-6,9,18H2,1-2H3. The smallest absolute Gasteiger partial charge is 0.0693 e. The minimum Gasteiger partial charge on any atom is -0.396 e. The topological polar surface area (TPSA) is 29.3 Å². The van der Waals surface area contributed by atoms with Gasteiger partial charge in [-0.05, 0) is 55.5 Å². The molecule has 19 heavy (non-hydrogen) atoms. The van der Waals surface area contributed by atoms with Crippen LogP contribution in [-0.2, 0) is 6.54 Å². The van der Waals surface area contributed by atoms with Gasteiger partial charge in [0.2, 0.25) is 0 Å². The molecule has 0 radical (unpaired) electrons. The molecule has 1 aliphatic rings. The third kappa shape index (κ3) is 3.77. The molecule has 0 amide bonds. The van der Waals surface area contributed by atoms with Crippen molar-refractivity contribution in [2.75, 3.05) is 18.8 Å². The van der Waals surface area contributed by atoms with Crippen LogP contribution >= 0.6 is 23.2 Å². The Kier molecular flexibility index (Phi) is 4.99. The summed E-state index contributed by atoms with van der Waals surface area (Å²) in [5, 5.41) is 1.11. The molecular weight excluding hydrogens is 279 g/mol. The maximum Gasteiger partial charge on any atom is 0.0693 e. The van der Waals surface area contributed by atoms with Gasteiger partial charge in [-0.2, -0.15) is 0 Å². The number of nitrogens with zero attached hydrogens (tertiary/aromatic N) is 1. The normalized spacial score (nSPS) is 18.2. The molecule has 0 saturated carbocycles. The van der Waals surface area contributed by atoms with Gasteiger partial charge in [-0.1, -0.05) is 37.0 Å². The zero-order chi connectivity index (χ0) is 14.0. The molecule has 1 heterocycles. The van der Waals surface area contributed by atoms with Gasteiger partial charge in [-0.25, -0.2) is 0 Å². The van der Waals surface area contributed by atoms with Crippen molar-refractivity contribution in [2.24, 2.45) is 11.8 Å². The first kappa shape index (κ1) is 15.0. The van der Waals surface area contributed by atoms with E-state index in [0.717, 1.165) is 37.0 Å². The van der Waals surface area contributed by atoms with E-state index in [1.54, 1.807) is 0 Å². The predicted molar refractivity (Wildman–Crippen MR) is 83.7 cm³/mol. The molecule has 1 saturated heterocycles. The monoisotopic (exact) mass is 300 g/mol. The van der Waals surface area contributed by atoms with Crippen molar-refractivity contribution in [1.29, 1.82) is 0 Å². The fourth-order valence-electron chi connectivity index (χ4n) is 2.76. The number of rotatable bonds is 3. The summed E-state index contributed by atoms with van der Waals surface area (Å²) in [6.07, 6.45) is 2.57. The summed E-state index contributed by atoms with van der Waals surface area (Å²) < 4.78 is 0. The third-order valence-corrected chi connectivity index (χ3v) is 4.75. The summed E-state index contributed by atoms with van der Waals surface area (Å²) in [5.41, 5.74) is 7.38. The second-order valence-electron chi connectivity index (χ2n) is 5.83. The molecule has 0 spiro atoms. The largest absolute Gasteiger partial charge is 0.396 e. The molecule has 1 aromatic carbocycles. The fraction of sp³-hybridized carbons (Fsp3) is 0.600. The van der Waals surface area contributed by atoms with E-state index in [9.17, 15) is 0 Å². The van der Waals surface area contributed by atoms with E-state index < -0.39 is 0 Å². The predicted octanol–water partition coefficient (Wildman–Crippen LogP) is 4.44. The minimum atomic E-state index is 0.477. The van der Waals surface area contributed by atoms with Crippen molar-refractivity contribution in [3.05, 3.63) is 27.7 Å². The summed E-state index contributed by atoms with van der Waals surface area (Å²) in [5.74, 6) is 1.66. The van der Waals surface area contributed by atoms with E-state index in [2.05, 4.69) is 18.7 Å². The Hall–Kier alpha value is -0.440. The Morgan fingerprint density at radius 1 is 1.21 bits per heavy atom. The van der Waals surface area contributed by atoms with Crippen molar-refractivity contribution in [3.8, 4) is 0 Å². The van der Waals surface area contributed by atoms with Crippen molar-refractivity contribution < 1.29 is 0 Å². The van der Waals surface area contributed by atoms with E-state index in [-0.39, 0.29) is 0 Å². The van der Waals surface area contributed by atoms with Gasteiger partial charge in [0.15, 0.2) is 0 Å². The molecule has 1 aliphatic heterocycles. The van der Waals surface area contributed by atoms with Crippen molar-refractivity contribution >= 4 is 28.9 Å². The highest BCUT2D eigenvalue weighted by Gasteiger charge is 2.21. The number of anilines is 1. The summed E-state index contributed by atoms with van der Waals surface area (Å²) in [6, 6.07) is 3.86. The first-order valence-electron chi connectivity index (χ1n) is 6.93. The van der Waals surface area contributed by atoms with Gasteiger partial charge in [0.05, 0.1) is 15.7 Å². The molecule has 2 rings (SSSR count). The van der Waals surface area contributed by atoms with Gasteiger partial charge < -0.3 is 5.73 Å². The number of hydrogen-bond donors (Lipinski definition) is 1.